The largest absolute Gasteiger partial charge is 0.371 e. The van der Waals surface area contributed by atoms with E-state index in [-0.39, 0.29) is 0 Å². The zero-order valence-electron chi connectivity index (χ0n) is 14.5. The standard InChI is InChI=1S/C22H29N/c1-3-5-17-23(18-6-4-2)22(21-15-11-8-12-16-21)19-20-13-9-7-10-14-20/h7-16,19H,3-6,17-18H2,1-2H3/b22-19+. The lowest BCUT2D eigenvalue weighted by molar-refractivity contribution is 0.380. The molecule has 0 radical (unpaired) electrons. The average molecular weight is 307 g/mol. The lowest BCUT2D eigenvalue weighted by Gasteiger charge is -2.28. The molecule has 122 valence electrons. The van der Waals surface area contributed by atoms with Crippen LogP contribution in [0.4, 0.5) is 0 Å². The third kappa shape index (κ3) is 5.59. The van der Waals surface area contributed by atoms with Gasteiger partial charge in [-0.3, -0.25) is 0 Å². The van der Waals surface area contributed by atoms with E-state index in [0.717, 1.165) is 13.1 Å². The van der Waals surface area contributed by atoms with Crippen molar-refractivity contribution in [1.29, 1.82) is 0 Å². The van der Waals surface area contributed by atoms with Gasteiger partial charge in [-0.1, -0.05) is 87.4 Å². The number of benzene rings is 2. The van der Waals surface area contributed by atoms with Gasteiger partial charge in [-0.25, -0.2) is 0 Å². The van der Waals surface area contributed by atoms with E-state index in [1.54, 1.807) is 0 Å². The molecule has 0 fully saturated rings. The van der Waals surface area contributed by atoms with Gasteiger partial charge in [0.1, 0.15) is 0 Å². The predicted octanol–water partition coefficient (Wildman–Crippen LogP) is 6.09. The van der Waals surface area contributed by atoms with Crippen LogP contribution in [0, 0.1) is 0 Å². The fourth-order valence-electron chi connectivity index (χ4n) is 2.72. The van der Waals surface area contributed by atoms with Gasteiger partial charge < -0.3 is 4.90 Å². The lowest BCUT2D eigenvalue weighted by Crippen LogP contribution is -2.24. The van der Waals surface area contributed by atoms with E-state index in [1.807, 2.05) is 0 Å². The Morgan fingerprint density at radius 3 is 1.83 bits per heavy atom. The second kappa shape index (κ2) is 9.89. The monoisotopic (exact) mass is 307 g/mol. The van der Waals surface area contributed by atoms with Crippen molar-refractivity contribution in [3.8, 4) is 0 Å². The molecule has 0 aromatic heterocycles. The van der Waals surface area contributed by atoms with E-state index in [0.29, 0.717) is 0 Å². The molecule has 2 rings (SSSR count). The van der Waals surface area contributed by atoms with Crippen LogP contribution in [0.2, 0.25) is 0 Å². The highest BCUT2D eigenvalue weighted by Crippen LogP contribution is 2.23. The van der Waals surface area contributed by atoms with Crippen molar-refractivity contribution in [1.82, 2.24) is 4.90 Å². The van der Waals surface area contributed by atoms with Gasteiger partial charge in [0, 0.05) is 18.8 Å². The van der Waals surface area contributed by atoms with Gasteiger partial charge in [-0.05, 0) is 30.0 Å². The Bertz CT molecular complexity index is 563. The number of nitrogens with zero attached hydrogens (tertiary/aromatic N) is 1. The van der Waals surface area contributed by atoms with Gasteiger partial charge in [0.15, 0.2) is 0 Å². The molecular weight excluding hydrogens is 278 g/mol. The van der Waals surface area contributed by atoms with Crippen LogP contribution in [0.5, 0.6) is 0 Å². The molecule has 0 unspecified atom stereocenters. The van der Waals surface area contributed by atoms with E-state index < -0.39 is 0 Å². The van der Waals surface area contributed by atoms with Gasteiger partial charge in [0.25, 0.3) is 0 Å². The molecular formula is C22H29N. The van der Waals surface area contributed by atoms with Crippen LogP contribution in [-0.4, -0.2) is 18.0 Å². The summed E-state index contributed by atoms with van der Waals surface area (Å²) in [4.78, 5) is 2.56. The number of unbranched alkanes of at least 4 members (excludes halogenated alkanes) is 2. The lowest BCUT2D eigenvalue weighted by atomic mass is 10.1. The van der Waals surface area contributed by atoms with Crippen LogP contribution >= 0.6 is 0 Å². The van der Waals surface area contributed by atoms with Crippen molar-refractivity contribution in [3.05, 3.63) is 71.8 Å². The molecule has 2 aromatic rings. The van der Waals surface area contributed by atoms with E-state index in [9.17, 15) is 0 Å². The van der Waals surface area contributed by atoms with Crippen molar-refractivity contribution < 1.29 is 0 Å². The normalized spacial score (nSPS) is 11.5. The number of hydrogen-bond acceptors (Lipinski definition) is 1. The van der Waals surface area contributed by atoms with Crippen molar-refractivity contribution >= 4 is 11.8 Å². The highest BCUT2D eigenvalue weighted by Gasteiger charge is 2.11. The van der Waals surface area contributed by atoms with Crippen LogP contribution < -0.4 is 0 Å². The molecule has 0 heterocycles. The van der Waals surface area contributed by atoms with Gasteiger partial charge in [0.05, 0.1) is 0 Å². The van der Waals surface area contributed by atoms with Crippen LogP contribution in [0.25, 0.3) is 11.8 Å². The molecule has 0 saturated heterocycles. The van der Waals surface area contributed by atoms with Crippen molar-refractivity contribution in [2.45, 2.75) is 39.5 Å². The maximum Gasteiger partial charge on any atom is 0.0445 e. The highest BCUT2D eigenvalue weighted by atomic mass is 15.1. The number of hydrogen-bond donors (Lipinski definition) is 0. The first-order valence-corrected chi connectivity index (χ1v) is 8.92. The van der Waals surface area contributed by atoms with Crippen molar-refractivity contribution in [2.24, 2.45) is 0 Å². The third-order valence-electron chi connectivity index (χ3n) is 4.08. The Balaban J connectivity index is 2.35. The first-order valence-electron chi connectivity index (χ1n) is 8.92. The molecule has 0 aliphatic rings. The van der Waals surface area contributed by atoms with Crippen LogP contribution in [0.3, 0.4) is 0 Å². The van der Waals surface area contributed by atoms with Gasteiger partial charge in [0.2, 0.25) is 0 Å². The van der Waals surface area contributed by atoms with Crippen LogP contribution in [0.1, 0.15) is 50.7 Å². The Morgan fingerprint density at radius 2 is 1.30 bits per heavy atom. The first kappa shape index (κ1) is 17.3. The number of rotatable bonds is 9. The topological polar surface area (TPSA) is 3.24 Å². The fraction of sp³-hybridized carbons (Fsp3) is 0.364. The van der Waals surface area contributed by atoms with Gasteiger partial charge in [-0.15, -0.1) is 0 Å². The fourth-order valence-corrected chi connectivity index (χ4v) is 2.72. The summed E-state index contributed by atoms with van der Waals surface area (Å²) in [5, 5.41) is 0. The molecule has 0 spiro atoms. The van der Waals surface area contributed by atoms with E-state index >= 15 is 0 Å². The molecule has 0 aliphatic heterocycles. The molecule has 0 atom stereocenters. The minimum absolute atomic E-state index is 1.13. The molecule has 0 amide bonds. The Labute approximate surface area is 141 Å². The summed E-state index contributed by atoms with van der Waals surface area (Å²) in [6, 6.07) is 21.4. The van der Waals surface area contributed by atoms with E-state index in [2.05, 4.69) is 85.5 Å². The Hall–Kier alpha value is -2.02. The molecule has 1 nitrogen and oxygen atoms in total. The third-order valence-corrected chi connectivity index (χ3v) is 4.08. The average Bonchev–Trinajstić information content (AvgIpc) is 2.62. The summed E-state index contributed by atoms with van der Waals surface area (Å²) in [5.41, 5.74) is 3.92. The SMILES string of the molecule is CCCCN(CCCC)/C(=C/c1ccccc1)c1ccccc1. The molecule has 2 aromatic carbocycles. The summed E-state index contributed by atoms with van der Waals surface area (Å²) < 4.78 is 0. The quantitative estimate of drug-likeness (QED) is 0.507. The summed E-state index contributed by atoms with van der Waals surface area (Å²) in [6.07, 6.45) is 7.28. The predicted molar refractivity (Wildman–Crippen MR) is 102 cm³/mol. The second-order valence-corrected chi connectivity index (χ2v) is 6.00. The molecule has 0 aliphatic carbocycles. The summed E-state index contributed by atoms with van der Waals surface area (Å²) >= 11 is 0. The van der Waals surface area contributed by atoms with E-state index in [4.69, 9.17) is 0 Å². The second-order valence-electron chi connectivity index (χ2n) is 6.00. The summed E-state index contributed by atoms with van der Waals surface area (Å²) in [5.74, 6) is 0. The zero-order valence-corrected chi connectivity index (χ0v) is 14.5. The summed E-state index contributed by atoms with van der Waals surface area (Å²) in [6.45, 7) is 6.79. The maximum atomic E-state index is 2.56. The smallest absolute Gasteiger partial charge is 0.0445 e. The molecule has 23 heavy (non-hydrogen) atoms. The molecule has 0 bridgehead atoms. The summed E-state index contributed by atoms with van der Waals surface area (Å²) in [7, 11) is 0. The Kier molecular flexibility index (Phi) is 7.45. The highest BCUT2D eigenvalue weighted by molar-refractivity contribution is 5.80. The maximum absolute atomic E-state index is 2.56. The van der Waals surface area contributed by atoms with Crippen LogP contribution in [0.15, 0.2) is 60.7 Å². The Morgan fingerprint density at radius 1 is 0.783 bits per heavy atom. The van der Waals surface area contributed by atoms with Crippen molar-refractivity contribution in [3.63, 3.8) is 0 Å². The molecule has 0 N–H and O–H groups in total. The van der Waals surface area contributed by atoms with Gasteiger partial charge >= 0.3 is 0 Å². The minimum atomic E-state index is 1.13. The molecule has 1 heteroatoms. The first-order chi connectivity index (χ1) is 11.3. The molecule has 0 saturated carbocycles. The zero-order chi connectivity index (χ0) is 16.3. The minimum Gasteiger partial charge on any atom is -0.371 e. The van der Waals surface area contributed by atoms with E-state index in [1.165, 1.54) is 42.5 Å². The van der Waals surface area contributed by atoms with Crippen molar-refractivity contribution in [2.75, 3.05) is 13.1 Å². The van der Waals surface area contributed by atoms with Gasteiger partial charge in [-0.2, -0.15) is 0 Å². The van der Waals surface area contributed by atoms with Crippen LogP contribution in [-0.2, 0) is 0 Å².